The normalized spacial score (nSPS) is 17.4. The second-order valence-corrected chi connectivity index (χ2v) is 5.57. The number of rotatable bonds is 5. The fourth-order valence-electron chi connectivity index (χ4n) is 2.46. The van der Waals surface area contributed by atoms with Gasteiger partial charge in [-0.25, -0.2) is 0 Å². The van der Waals surface area contributed by atoms with E-state index in [2.05, 4.69) is 34.7 Å². The van der Waals surface area contributed by atoms with Crippen LogP contribution in [-0.2, 0) is 11.4 Å². The molecule has 0 bridgehead atoms. The van der Waals surface area contributed by atoms with Gasteiger partial charge in [0.2, 0.25) is 0 Å². The third-order valence-corrected chi connectivity index (χ3v) is 3.90. The minimum Gasteiger partial charge on any atom is -0.386 e. The number of quaternary nitrogens is 1. The Bertz CT molecular complexity index is 628. The van der Waals surface area contributed by atoms with Crippen molar-refractivity contribution in [3.8, 4) is 0 Å². The van der Waals surface area contributed by atoms with Crippen LogP contribution in [0.1, 0.15) is 17.5 Å². The summed E-state index contributed by atoms with van der Waals surface area (Å²) in [5.41, 5.74) is 3.24. The SMILES string of the molecule is Clc1ccccc1C1=NO[C@H](C[NH2+]Cc2ccccc2)C1. The predicted molar refractivity (Wildman–Crippen MR) is 84.4 cm³/mol. The van der Waals surface area contributed by atoms with Gasteiger partial charge in [0.25, 0.3) is 0 Å². The number of oxime groups is 1. The maximum absolute atomic E-state index is 6.19. The van der Waals surface area contributed by atoms with Gasteiger partial charge in [0.05, 0.1) is 5.71 Å². The van der Waals surface area contributed by atoms with E-state index in [1.54, 1.807) is 0 Å². The van der Waals surface area contributed by atoms with Crippen LogP contribution >= 0.6 is 11.6 Å². The van der Waals surface area contributed by atoms with Gasteiger partial charge in [0, 0.05) is 22.6 Å². The first-order valence-corrected chi connectivity index (χ1v) is 7.54. The van der Waals surface area contributed by atoms with Crippen molar-refractivity contribution in [2.75, 3.05) is 6.54 Å². The highest BCUT2D eigenvalue weighted by atomic mass is 35.5. The maximum atomic E-state index is 6.19. The number of halogens is 1. The average Bonchev–Trinajstić information content (AvgIpc) is 2.97. The molecule has 0 amide bonds. The van der Waals surface area contributed by atoms with Crippen molar-refractivity contribution in [2.24, 2.45) is 5.16 Å². The summed E-state index contributed by atoms with van der Waals surface area (Å²) in [6.07, 6.45) is 0.939. The Kier molecular flexibility index (Phi) is 4.53. The highest BCUT2D eigenvalue weighted by Gasteiger charge is 2.24. The number of benzene rings is 2. The summed E-state index contributed by atoms with van der Waals surface area (Å²) in [5, 5.41) is 7.17. The molecule has 1 atom stereocenters. The first kappa shape index (κ1) is 14.1. The van der Waals surface area contributed by atoms with E-state index in [-0.39, 0.29) is 6.10 Å². The molecule has 21 heavy (non-hydrogen) atoms. The molecule has 0 saturated heterocycles. The lowest BCUT2D eigenvalue weighted by atomic mass is 10.0. The second kappa shape index (κ2) is 6.74. The Morgan fingerprint density at radius 1 is 1.10 bits per heavy atom. The zero-order valence-corrected chi connectivity index (χ0v) is 12.5. The molecular weight excluding hydrogens is 284 g/mol. The molecule has 2 N–H and O–H groups in total. The molecule has 2 aromatic rings. The molecule has 1 aliphatic rings. The smallest absolute Gasteiger partial charge is 0.181 e. The minimum absolute atomic E-state index is 0.125. The highest BCUT2D eigenvalue weighted by molar-refractivity contribution is 6.34. The van der Waals surface area contributed by atoms with Crippen LogP contribution in [0.15, 0.2) is 59.8 Å². The van der Waals surface area contributed by atoms with Gasteiger partial charge < -0.3 is 10.2 Å². The van der Waals surface area contributed by atoms with Gasteiger partial charge in [-0.3, -0.25) is 0 Å². The molecular formula is C17H18ClN2O+. The van der Waals surface area contributed by atoms with E-state index in [9.17, 15) is 0 Å². The minimum atomic E-state index is 0.125. The largest absolute Gasteiger partial charge is 0.386 e. The van der Waals surface area contributed by atoms with E-state index in [1.807, 2.05) is 30.3 Å². The topological polar surface area (TPSA) is 38.2 Å². The van der Waals surface area contributed by atoms with Crippen molar-refractivity contribution in [1.82, 2.24) is 0 Å². The number of nitrogens with two attached hydrogens (primary N) is 1. The Hall–Kier alpha value is -1.84. The fraction of sp³-hybridized carbons (Fsp3) is 0.235. The van der Waals surface area contributed by atoms with E-state index >= 15 is 0 Å². The molecule has 0 radical (unpaired) electrons. The van der Waals surface area contributed by atoms with Crippen LogP contribution in [-0.4, -0.2) is 18.4 Å². The Labute approximate surface area is 129 Å². The lowest BCUT2D eigenvalue weighted by Gasteiger charge is -2.07. The van der Waals surface area contributed by atoms with E-state index < -0.39 is 0 Å². The third-order valence-electron chi connectivity index (χ3n) is 3.57. The molecule has 1 heterocycles. The van der Waals surface area contributed by atoms with Crippen LogP contribution in [0.25, 0.3) is 0 Å². The van der Waals surface area contributed by atoms with Crippen molar-refractivity contribution in [3.63, 3.8) is 0 Å². The molecule has 0 aliphatic carbocycles. The van der Waals surface area contributed by atoms with Crippen molar-refractivity contribution < 1.29 is 10.2 Å². The van der Waals surface area contributed by atoms with Crippen molar-refractivity contribution in [1.29, 1.82) is 0 Å². The van der Waals surface area contributed by atoms with Gasteiger partial charge >= 0.3 is 0 Å². The van der Waals surface area contributed by atoms with Gasteiger partial charge in [-0.2, -0.15) is 0 Å². The molecule has 0 spiro atoms. The monoisotopic (exact) mass is 301 g/mol. The van der Waals surface area contributed by atoms with Crippen LogP contribution < -0.4 is 5.32 Å². The zero-order chi connectivity index (χ0) is 14.5. The summed E-state index contributed by atoms with van der Waals surface area (Å²) >= 11 is 6.19. The molecule has 3 nitrogen and oxygen atoms in total. The van der Waals surface area contributed by atoms with Gasteiger partial charge in [-0.05, 0) is 6.07 Å². The summed E-state index contributed by atoms with van der Waals surface area (Å²) in [5.74, 6) is 0. The quantitative estimate of drug-likeness (QED) is 0.906. The first-order chi connectivity index (χ1) is 10.3. The first-order valence-electron chi connectivity index (χ1n) is 7.16. The summed E-state index contributed by atoms with van der Waals surface area (Å²) in [7, 11) is 0. The van der Waals surface area contributed by atoms with Crippen LogP contribution in [0.3, 0.4) is 0 Å². The third kappa shape index (κ3) is 3.63. The van der Waals surface area contributed by atoms with E-state index in [0.29, 0.717) is 0 Å². The fourth-order valence-corrected chi connectivity index (χ4v) is 2.70. The van der Waals surface area contributed by atoms with Gasteiger partial charge in [0.15, 0.2) is 6.10 Å². The number of nitrogens with zero attached hydrogens (tertiary/aromatic N) is 1. The van der Waals surface area contributed by atoms with E-state index in [4.69, 9.17) is 16.4 Å². The van der Waals surface area contributed by atoms with Crippen LogP contribution in [0.5, 0.6) is 0 Å². The molecule has 1 aliphatic heterocycles. The summed E-state index contributed by atoms with van der Waals surface area (Å²) in [4.78, 5) is 5.51. The lowest BCUT2D eigenvalue weighted by Crippen LogP contribution is -2.84. The molecule has 0 aromatic heterocycles. The standard InChI is InChI=1S/C17H17ClN2O/c18-16-9-5-4-8-15(16)17-10-14(21-20-17)12-19-11-13-6-2-1-3-7-13/h1-9,14,19H,10-12H2/p+1/t14-/m0/s1. The van der Waals surface area contributed by atoms with Gasteiger partial charge in [-0.1, -0.05) is 65.3 Å². The van der Waals surface area contributed by atoms with Crippen LogP contribution in [0.4, 0.5) is 0 Å². The number of hydrogen-bond acceptors (Lipinski definition) is 2. The van der Waals surface area contributed by atoms with Crippen LogP contribution in [0, 0.1) is 0 Å². The molecule has 2 aromatic carbocycles. The van der Waals surface area contributed by atoms with E-state index in [0.717, 1.165) is 35.8 Å². The Morgan fingerprint density at radius 3 is 2.67 bits per heavy atom. The average molecular weight is 302 g/mol. The molecule has 3 rings (SSSR count). The molecule has 108 valence electrons. The molecule has 0 saturated carbocycles. The van der Waals surface area contributed by atoms with Crippen molar-refractivity contribution in [2.45, 2.75) is 19.1 Å². The summed E-state index contributed by atoms with van der Waals surface area (Å²) in [6.45, 7) is 1.86. The second-order valence-electron chi connectivity index (χ2n) is 5.16. The molecule has 4 heteroatoms. The van der Waals surface area contributed by atoms with Crippen LogP contribution in [0.2, 0.25) is 5.02 Å². The molecule has 0 fully saturated rings. The van der Waals surface area contributed by atoms with Crippen molar-refractivity contribution in [3.05, 3.63) is 70.7 Å². The number of hydrogen-bond donors (Lipinski definition) is 1. The Balaban J connectivity index is 1.49. The lowest BCUT2D eigenvalue weighted by molar-refractivity contribution is -0.676. The van der Waals surface area contributed by atoms with Gasteiger partial charge in [-0.15, -0.1) is 0 Å². The van der Waals surface area contributed by atoms with Gasteiger partial charge in [0.1, 0.15) is 13.1 Å². The summed E-state index contributed by atoms with van der Waals surface area (Å²) in [6, 6.07) is 18.2. The highest BCUT2D eigenvalue weighted by Crippen LogP contribution is 2.22. The molecule has 0 unspecified atom stereocenters. The predicted octanol–water partition coefficient (Wildman–Crippen LogP) is 2.60. The van der Waals surface area contributed by atoms with E-state index in [1.165, 1.54) is 5.56 Å². The Morgan fingerprint density at radius 2 is 1.86 bits per heavy atom. The summed E-state index contributed by atoms with van der Waals surface area (Å²) < 4.78 is 0. The van der Waals surface area contributed by atoms with Crippen molar-refractivity contribution >= 4 is 17.3 Å². The zero-order valence-electron chi connectivity index (χ0n) is 11.7. The maximum Gasteiger partial charge on any atom is 0.181 e.